The lowest BCUT2D eigenvalue weighted by atomic mass is 9.81. The number of rotatable bonds is 2. The summed E-state index contributed by atoms with van der Waals surface area (Å²) in [6.45, 7) is 4.29. The number of amides is 4. The van der Waals surface area contributed by atoms with Gasteiger partial charge in [0, 0.05) is 46.1 Å². The van der Waals surface area contributed by atoms with Crippen molar-refractivity contribution >= 4 is 99.0 Å². The Kier molecular flexibility index (Phi) is 4.16. The first-order valence-corrected chi connectivity index (χ1v) is 15.0. The Morgan fingerprint density at radius 2 is 0.545 bits per heavy atom. The molecule has 0 atom stereocenters. The summed E-state index contributed by atoms with van der Waals surface area (Å²) >= 11 is 0. The second-order valence-electron chi connectivity index (χ2n) is 11.9. The normalized spacial score (nSPS) is 15.3. The molecule has 0 aliphatic carbocycles. The van der Waals surface area contributed by atoms with Gasteiger partial charge in [0.2, 0.25) is 0 Å². The van der Waals surface area contributed by atoms with Crippen LogP contribution in [-0.2, 0) is 0 Å². The van der Waals surface area contributed by atoms with Crippen molar-refractivity contribution in [3.05, 3.63) is 95.1 Å². The Labute approximate surface area is 249 Å². The van der Waals surface area contributed by atoms with E-state index in [0.717, 1.165) is 75.4 Å². The molecule has 44 heavy (non-hydrogen) atoms. The summed E-state index contributed by atoms with van der Waals surface area (Å²) in [5.41, 5.74) is 2.26. The maximum absolute atomic E-state index is 13.4. The molecular formula is C38H22N2O4. The molecule has 0 saturated carbocycles. The molecule has 2 aliphatic rings. The van der Waals surface area contributed by atoms with E-state index in [1.165, 1.54) is 9.80 Å². The van der Waals surface area contributed by atoms with Gasteiger partial charge in [-0.2, -0.15) is 0 Å². The number of hydrogen-bond acceptors (Lipinski definition) is 4. The van der Waals surface area contributed by atoms with Crippen molar-refractivity contribution in [1.82, 2.24) is 9.80 Å². The summed E-state index contributed by atoms with van der Waals surface area (Å²) in [6, 6.07) is 24.1. The van der Waals surface area contributed by atoms with Crippen LogP contribution in [0.4, 0.5) is 0 Å². The predicted molar refractivity (Wildman–Crippen MR) is 173 cm³/mol. The van der Waals surface area contributed by atoms with Crippen molar-refractivity contribution in [2.24, 2.45) is 0 Å². The zero-order valence-corrected chi connectivity index (χ0v) is 23.9. The van der Waals surface area contributed by atoms with Crippen molar-refractivity contribution in [2.45, 2.75) is 13.8 Å². The lowest BCUT2D eigenvalue weighted by Crippen LogP contribution is -2.40. The van der Waals surface area contributed by atoms with E-state index in [9.17, 15) is 19.2 Å². The van der Waals surface area contributed by atoms with Crippen LogP contribution in [0.25, 0.3) is 75.4 Å². The molecule has 0 fully saturated rings. The summed E-state index contributed by atoms with van der Waals surface area (Å²) in [5.74, 6) is -0.999. The summed E-state index contributed by atoms with van der Waals surface area (Å²) in [5, 5.41) is 13.9. The summed E-state index contributed by atoms with van der Waals surface area (Å²) in [6.07, 6.45) is 0. The van der Waals surface area contributed by atoms with E-state index >= 15 is 0 Å². The third-order valence-corrected chi connectivity index (χ3v) is 10.2. The Hall–Kier alpha value is -5.62. The molecule has 8 aromatic carbocycles. The highest BCUT2D eigenvalue weighted by molar-refractivity contribution is 6.45. The van der Waals surface area contributed by atoms with Gasteiger partial charge in [-0.25, -0.2) is 0 Å². The monoisotopic (exact) mass is 570 g/mol. The van der Waals surface area contributed by atoms with E-state index in [4.69, 9.17) is 0 Å². The smallest absolute Gasteiger partial charge is 0.261 e. The molecule has 6 nitrogen and oxygen atoms in total. The van der Waals surface area contributed by atoms with E-state index in [1.807, 2.05) is 62.4 Å². The van der Waals surface area contributed by atoms with Crippen LogP contribution in [0, 0.1) is 0 Å². The molecule has 208 valence electrons. The second-order valence-corrected chi connectivity index (χ2v) is 11.9. The fourth-order valence-corrected chi connectivity index (χ4v) is 8.34. The lowest BCUT2D eigenvalue weighted by Gasteiger charge is -2.28. The molecule has 10 rings (SSSR count). The second kappa shape index (κ2) is 7.66. The zero-order valence-electron chi connectivity index (χ0n) is 23.9. The summed E-state index contributed by atoms with van der Waals surface area (Å²) in [4.78, 5) is 56.1. The number of carbonyl (C=O) groups excluding carboxylic acids is 4. The van der Waals surface area contributed by atoms with E-state index in [-0.39, 0.29) is 23.6 Å². The van der Waals surface area contributed by atoms with Crippen LogP contribution in [-0.4, -0.2) is 46.5 Å². The van der Waals surface area contributed by atoms with Crippen molar-refractivity contribution in [2.75, 3.05) is 13.1 Å². The van der Waals surface area contributed by atoms with E-state index in [0.29, 0.717) is 35.3 Å². The van der Waals surface area contributed by atoms with E-state index in [1.54, 1.807) is 0 Å². The predicted octanol–water partition coefficient (Wildman–Crippen LogP) is 7.87. The molecule has 0 radical (unpaired) electrons. The van der Waals surface area contributed by atoms with Gasteiger partial charge in [0.05, 0.1) is 0 Å². The van der Waals surface area contributed by atoms with Crippen LogP contribution in [0.3, 0.4) is 0 Å². The molecule has 0 spiro atoms. The standard InChI is InChI=1S/C38H22N2O4/c1-3-39-35(41)25-13-9-21-17-5-7-19-23-11-15-27-34-28(38(44)40(4-2)37(27)43)16-12-24(32(23)34)20-8-6-18(29(17)30(19)20)22-10-14-26(36(39)42)33(25)31(21)22/h5-16H,3-4H2,1-2H3. The minimum Gasteiger partial charge on any atom is -0.275 e. The van der Waals surface area contributed by atoms with Crippen molar-refractivity contribution in [1.29, 1.82) is 0 Å². The van der Waals surface area contributed by atoms with E-state index in [2.05, 4.69) is 24.3 Å². The van der Waals surface area contributed by atoms with Crippen LogP contribution in [0.2, 0.25) is 0 Å². The van der Waals surface area contributed by atoms with Crippen LogP contribution >= 0.6 is 0 Å². The number of imide groups is 2. The largest absolute Gasteiger partial charge is 0.275 e. The van der Waals surface area contributed by atoms with Gasteiger partial charge in [0.25, 0.3) is 23.6 Å². The van der Waals surface area contributed by atoms with Crippen LogP contribution in [0.1, 0.15) is 55.3 Å². The maximum Gasteiger partial charge on any atom is 0.261 e. The minimum atomic E-state index is -0.250. The third kappa shape index (κ3) is 2.45. The number of nitrogens with zero attached hydrogens (tertiary/aromatic N) is 2. The minimum absolute atomic E-state index is 0.250. The molecule has 0 unspecified atom stereocenters. The Bertz CT molecular complexity index is 2370. The first kappa shape index (κ1) is 23.9. The molecule has 2 heterocycles. The van der Waals surface area contributed by atoms with Gasteiger partial charge < -0.3 is 0 Å². The fourth-order valence-electron chi connectivity index (χ4n) is 8.34. The molecule has 6 heteroatoms. The highest BCUT2D eigenvalue weighted by atomic mass is 16.2. The summed E-state index contributed by atoms with van der Waals surface area (Å²) in [7, 11) is 0. The average molecular weight is 571 g/mol. The van der Waals surface area contributed by atoms with Gasteiger partial charge in [-0.1, -0.05) is 48.5 Å². The first-order chi connectivity index (χ1) is 21.4. The molecule has 8 aromatic rings. The van der Waals surface area contributed by atoms with Gasteiger partial charge >= 0.3 is 0 Å². The molecule has 0 aromatic heterocycles. The number of fused-ring (bicyclic) bond motifs is 4. The molecule has 0 saturated heterocycles. The van der Waals surface area contributed by atoms with Crippen molar-refractivity contribution in [3.8, 4) is 0 Å². The highest BCUT2D eigenvalue weighted by Gasteiger charge is 2.35. The van der Waals surface area contributed by atoms with Gasteiger partial charge in [-0.15, -0.1) is 0 Å². The Balaban J connectivity index is 1.39. The average Bonchev–Trinajstić information content (AvgIpc) is 3.05. The number of benzene rings is 8. The molecule has 0 N–H and O–H groups in total. The van der Waals surface area contributed by atoms with E-state index < -0.39 is 0 Å². The van der Waals surface area contributed by atoms with Crippen LogP contribution in [0.15, 0.2) is 72.8 Å². The van der Waals surface area contributed by atoms with Crippen molar-refractivity contribution in [3.63, 3.8) is 0 Å². The lowest BCUT2D eigenvalue weighted by molar-refractivity contribution is 0.0604. The number of hydrogen-bond donors (Lipinski definition) is 0. The van der Waals surface area contributed by atoms with Crippen LogP contribution in [0.5, 0.6) is 0 Å². The highest BCUT2D eigenvalue weighted by Crippen LogP contribution is 2.49. The maximum atomic E-state index is 13.4. The third-order valence-electron chi connectivity index (χ3n) is 10.2. The fraction of sp³-hybridized carbons (Fsp3) is 0.105. The Morgan fingerprint density at radius 1 is 0.341 bits per heavy atom. The van der Waals surface area contributed by atoms with Gasteiger partial charge in [0.1, 0.15) is 0 Å². The Morgan fingerprint density at radius 3 is 0.773 bits per heavy atom. The number of carbonyl (C=O) groups is 4. The molecule has 4 amide bonds. The molecule has 0 bridgehead atoms. The topological polar surface area (TPSA) is 74.8 Å². The first-order valence-electron chi connectivity index (χ1n) is 15.0. The van der Waals surface area contributed by atoms with Gasteiger partial charge in [-0.05, 0) is 103 Å². The quantitative estimate of drug-likeness (QED) is 0.120. The van der Waals surface area contributed by atoms with Gasteiger partial charge in [-0.3, -0.25) is 29.0 Å². The summed E-state index contributed by atoms with van der Waals surface area (Å²) < 4.78 is 0. The zero-order chi connectivity index (χ0) is 29.8. The van der Waals surface area contributed by atoms with Crippen molar-refractivity contribution < 1.29 is 19.2 Å². The van der Waals surface area contributed by atoms with Gasteiger partial charge in [0.15, 0.2) is 0 Å². The molecular weight excluding hydrogens is 548 g/mol. The molecule has 2 aliphatic heterocycles. The SMILES string of the molecule is CCN1C(=O)c2ccc3c4ccc5c6ccc7c8c(ccc(c9ccc(c%10ccc(c2c3%10)C1=O)c4c59)c86)C(=O)N(CC)C7=O. The van der Waals surface area contributed by atoms with Crippen LogP contribution < -0.4 is 0 Å².